The van der Waals surface area contributed by atoms with Gasteiger partial charge < -0.3 is 9.88 Å². The molecular formula is C21H26N4O3S2. The first-order chi connectivity index (χ1) is 14.1. The average molecular weight is 447 g/mol. The number of carbonyl (C=O) groups excluding carboxylic acids is 1. The van der Waals surface area contributed by atoms with Gasteiger partial charge in [0.05, 0.1) is 21.2 Å². The van der Waals surface area contributed by atoms with Gasteiger partial charge in [0.2, 0.25) is 15.9 Å². The van der Waals surface area contributed by atoms with Crippen LogP contribution in [0.3, 0.4) is 0 Å². The van der Waals surface area contributed by atoms with Crippen LogP contribution in [-0.4, -0.2) is 29.1 Å². The second-order valence-electron chi connectivity index (χ2n) is 7.31. The third kappa shape index (κ3) is 4.85. The molecule has 2 aromatic carbocycles. The number of hydrogen-bond acceptors (Lipinski definition) is 5. The summed E-state index contributed by atoms with van der Waals surface area (Å²) in [6.07, 6.45) is 0.874. The maximum atomic E-state index is 12.8. The number of amides is 1. The van der Waals surface area contributed by atoms with Crippen molar-refractivity contribution >= 4 is 44.4 Å². The molecule has 3 aromatic rings. The zero-order valence-electron chi connectivity index (χ0n) is 17.5. The summed E-state index contributed by atoms with van der Waals surface area (Å²) in [5.41, 5.74) is 4.29. The monoisotopic (exact) mass is 446 g/mol. The zero-order chi connectivity index (χ0) is 22.1. The van der Waals surface area contributed by atoms with E-state index in [2.05, 4.69) is 17.2 Å². The van der Waals surface area contributed by atoms with Crippen molar-refractivity contribution in [3.63, 3.8) is 0 Å². The zero-order valence-corrected chi connectivity index (χ0v) is 19.1. The Hall–Kier alpha value is -2.36. The number of imidazole rings is 1. The number of thioether (sulfide) groups is 1. The van der Waals surface area contributed by atoms with Crippen LogP contribution in [0.4, 0.5) is 5.69 Å². The first kappa shape index (κ1) is 22.3. The lowest BCUT2D eigenvalue weighted by molar-refractivity contribution is -0.115. The second kappa shape index (κ2) is 8.79. The lowest BCUT2D eigenvalue weighted by Crippen LogP contribution is -2.23. The number of aryl methyl sites for hydroxylation is 3. The number of nitrogens with two attached hydrogens (primary N) is 1. The van der Waals surface area contributed by atoms with E-state index in [1.54, 1.807) is 6.07 Å². The van der Waals surface area contributed by atoms with E-state index >= 15 is 0 Å². The van der Waals surface area contributed by atoms with Crippen LogP contribution in [0.15, 0.2) is 46.5 Å². The number of rotatable bonds is 7. The molecule has 0 saturated heterocycles. The fourth-order valence-electron chi connectivity index (χ4n) is 3.19. The highest BCUT2D eigenvalue weighted by Gasteiger charge is 2.21. The van der Waals surface area contributed by atoms with Gasteiger partial charge in [-0.15, -0.1) is 0 Å². The maximum Gasteiger partial charge on any atom is 0.238 e. The number of nitrogens with zero attached hydrogens (tertiary/aromatic N) is 2. The van der Waals surface area contributed by atoms with E-state index in [9.17, 15) is 13.2 Å². The lowest BCUT2D eigenvalue weighted by atomic mass is 10.1. The molecule has 0 aliphatic carbocycles. The summed E-state index contributed by atoms with van der Waals surface area (Å²) in [4.78, 5) is 17.4. The quantitative estimate of drug-likeness (QED) is 0.536. The Labute approximate surface area is 181 Å². The summed E-state index contributed by atoms with van der Waals surface area (Å²) in [6, 6.07) is 10.6. The van der Waals surface area contributed by atoms with Gasteiger partial charge >= 0.3 is 0 Å². The minimum Gasteiger partial charge on any atom is -0.325 e. The number of primary sulfonamides is 1. The van der Waals surface area contributed by atoms with Gasteiger partial charge in [-0.1, -0.05) is 36.4 Å². The third-order valence-electron chi connectivity index (χ3n) is 4.75. The Bertz CT molecular complexity index is 1200. The molecule has 1 heterocycles. The van der Waals surface area contributed by atoms with Gasteiger partial charge in [0.15, 0.2) is 5.16 Å². The predicted molar refractivity (Wildman–Crippen MR) is 121 cm³/mol. The molecule has 1 aromatic heterocycles. The molecule has 3 rings (SSSR count). The summed E-state index contributed by atoms with van der Waals surface area (Å²) >= 11 is 1.34. The molecular weight excluding hydrogens is 420 g/mol. The van der Waals surface area contributed by atoms with Crippen molar-refractivity contribution < 1.29 is 13.2 Å². The van der Waals surface area contributed by atoms with Crippen LogP contribution in [0.1, 0.15) is 31.4 Å². The number of benzene rings is 2. The largest absolute Gasteiger partial charge is 0.325 e. The van der Waals surface area contributed by atoms with Crippen molar-refractivity contribution in [1.29, 1.82) is 0 Å². The fourth-order valence-corrected chi connectivity index (χ4v) is 4.68. The molecule has 3 N–H and O–H groups in total. The van der Waals surface area contributed by atoms with Gasteiger partial charge in [0, 0.05) is 12.2 Å². The molecule has 0 spiro atoms. The van der Waals surface area contributed by atoms with Crippen LogP contribution in [0.2, 0.25) is 0 Å². The fraction of sp³-hybridized carbons (Fsp3) is 0.333. The molecule has 9 heteroatoms. The van der Waals surface area contributed by atoms with E-state index in [-0.39, 0.29) is 10.8 Å². The number of anilines is 1. The van der Waals surface area contributed by atoms with Crippen molar-refractivity contribution in [1.82, 2.24) is 9.55 Å². The van der Waals surface area contributed by atoms with Gasteiger partial charge in [-0.2, -0.15) is 0 Å². The van der Waals surface area contributed by atoms with E-state index in [1.165, 1.54) is 23.9 Å². The Morgan fingerprint density at radius 3 is 2.60 bits per heavy atom. The molecule has 0 aliphatic rings. The number of sulfonamides is 1. The smallest absolute Gasteiger partial charge is 0.238 e. The highest BCUT2D eigenvalue weighted by molar-refractivity contribution is 8.00. The third-order valence-corrected chi connectivity index (χ3v) is 6.75. The van der Waals surface area contributed by atoms with Crippen molar-refractivity contribution in [3.8, 4) is 0 Å². The minimum atomic E-state index is -3.81. The maximum absolute atomic E-state index is 12.8. The minimum absolute atomic E-state index is 0.0216. The molecule has 30 heavy (non-hydrogen) atoms. The van der Waals surface area contributed by atoms with Crippen LogP contribution >= 0.6 is 11.8 Å². The molecule has 0 saturated carbocycles. The van der Waals surface area contributed by atoms with E-state index in [0.29, 0.717) is 17.2 Å². The number of aromatic nitrogens is 2. The first-order valence-electron chi connectivity index (χ1n) is 9.68. The van der Waals surface area contributed by atoms with E-state index in [1.807, 2.05) is 43.5 Å². The van der Waals surface area contributed by atoms with Crippen LogP contribution in [0, 0.1) is 13.8 Å². The molecule has 0 bridgehead atoms. The number of hydrogen-bond donors (Lipinski definition) is 2. The van der Waals surface area contributed by atoms with Gasteiger partial charge in [-0.05, 0) is 57.0 Å². The van der Waals surface area contributed by atoms with Crippen molar-refractivity contribution in [2.24, 2.45) is 5.14 Å². The van der Waals surface area contributed by atoms with Crippen molar-refractivity contribution in [2.75, 3.05) is 5.32 Å². The molecule has 0 radical (unpaired) electrons. The highest BCUT2D eigenvalue weighted by atomic mass is 32.2. The lowest BCUT2D eigenvalue weighted by Gasteiger charge is -2.14. The topological polar surface area (TPSA) is 107 Å². The van der Waals surface area contributed by atoms with Gasteiger partial charge in [0.1, 0.15) is 0 Å². The Morgan fingerprint density at radius 1 is 1.23 bits per heavy atom. The van der Waals surface area contributed by atoms with E-state index < -0.39 is 15.3 Å². The van der Waals surface area contributed by atoms with Crippen LogP contribution in [0.5, 0.6) is 0 Å². The number of fused-ring (bicyclic) bond motifs is 1. The predicted octanol–water partition coefficient (Wildman–Crippen LogP) is 3.83. The van der Waals surface area contributed by atoms with Crippen molar-refractivity contribution in [2.45, 2.75) is 56.0 Å². The average Bonchev–Trinajstić information content (AvgIpc) is 3.00. The summed E-state index contributed by atoms with van der Waals surface area (Å²) in [7, 11) is -3.81. The Balaban J connectivity index is 1.87. The van der Waals surface area contributed by atoms with Crippen LogP contribution in [-0.2, 0) is 21.4 Å². The van der Waals surface area contributed by atoms with E-state index in [4.69, 9.17) is 5.14 Å². The molecule has 160 valence electrons. The summed E-state index contributed by atoms with van der Waals surface area (Å²) in [5.74, 6) is -0.118. The van der Waals surface area contributed by atoms with Crippen LogP contribution < -0.4 is 10.5 Å². The number of carbonyl (C=O) groups is 1. The van der Waals surface area contributed by atoms with Gasteiger partial charge in [-0.3, -0.25) is 4.79 Å². The second-order valence-corrected chi connectivity index (χ2v) is 10.2. The number of nitrogens with one attached hydrogen (secondary N) is 1. The molecule has 1 unspecified atom stereocenters. The highest BCUT2D eigenvalue weighted by Crippen LogP contribution is 2.29. The van der Waals surface area contributed by atoms with Crippen LogP contribution in [0.25, 0.3) is 11.0 Å². The van der Waals surface area contributed by atoms with Gasteiger partial charge in [-0.25, -0.2) is 18.5 Å². The summed E-state index contributed by atoms with van der Waals surface area (Å²) < 4.78 is 25.3. The first-order valence-corrected chi connectivity index (χ1v) is 12.1. The standard InChI is InChI=1S/C21H26N4O3S2/c1-5-10-25-19-9-7-16(30(22,27)28)12-18(19)24-21(25)29-15(4)20(26)23-17-8-6-13(2)11-14(17)3/h6-9,11-12,15H,5,10H2,1-4H3,(H,23,26)(H2,22,27,28). The molecule has 0 fully saturated rings. The molecule has 0 aliphatic heterocycles. The SMILES string of the molecule is CCCn1c(SC(C)C(=O)Nc2ccc(C)cc2C)nc2cc(S(N)(=O)=O)ccc21. The normalized spacial score (nSPS) is 12.8. The molecule has 1 atom stereocenters. The summed E-state index contributed by atoms with van der Waals surface area (Å²) in [5, 5.41) is 8.50. The summed E-state index contributed by atoms with van der Waals surface area (Å²) in [6.45, 7) is 8.56. The van der Waals surface area contributed by atoms with Gasteiger partial charge in [0.25, 0.3) is 0 Å². The van der Waals surface area contributed by atoms with E-state index in [0.717, 1.165) is 28.8 Å². The Kier molecular flexibility index (Phi) is 6.54. The Morgan fingerprint density at radius 2 is 1.97 bits per heavy atom. The van der Waals surface area contributed by atoms with Crippen molar-refractivity contribution in [3.05, 3.63) is 47.5 Å². The molecule has 1 amide bonds. The molecule has 7 nitrogen and oxygen atoms in total.